The lowest BCUT2D eigenvalue weighted by molar-refractivity contribution is -0.170. The summed E-state index contributed by atoms with van der Waals surface area (Å²) < 4.78 is 38.1. The van der Waals surface area contributed by atoms with Crippen molar-refractivity contribution in [3.63, 3.8) is 0 Å². The molecule has 0 N–H and O–H groups in total. The quantitative estimate of drug-likeness (QED) is 0.172. The average Bonchev–Trinajstić information content (AvgIpc) is 3.36. The van der Waals surface area contributed by atoms with Crippen LogP contribution in [0.15, 0.2) is 64.8 Å². The lowest BCUT2D eigenvalue weighted by Crippen LogP contribution is -2.24. The molecule has 184 valence electrons. The molecule has 0 saturated heterocycles. The monoisotopic (exact) mass is 529 g/mol. The third-order valence-electron chi connectivity index (χ3n) is 5.04. The summed E-state index contributed by atoms with van der Waals surface area (Å²) in [4.78, 5) is 40.1. The molecule has 0 spiro atoms. The first-order chi connectivity index (χ1) is 17.1. The van der Waals surface area contributed by atoms with Gasteiger partial charge in [-0.05, 0) is 36.2 Å². The number of thiophene rings is 1. The molecule has 0 bridgehead atoms. The van der Waals surface area contributed by atoms with Crippen molar-refractivity contribution in [3.05, 3.63) is 76.3 Å². The fourth-order valence-corrected chi connectivity index (χ4v) is 5.35. The fraction of sp³-hybridized carbons (Fsp3) is 0.200. The lowest BCUT2D eigenvalue weighted by atomic mass is 10.0. The first-order valence-corrected chi connectivity index (χ1v) is 12.3. The standard InChI is InChI=1S/C25H18F3N3O3S2/c1-14(32)10-15-4-8-18(9-5-15)30-31-23-13-20-24(36-23)29-22(35-20)12-19(33)17-6-2-16(3-7-17)11-21(34)25(26,27)28/h2-9,13H,10-12H2,1H3. The van der Waals surface area contributed by atoms with Crippen LogP contribution in [0.3, 0.4) is 0 Å². The number of halogens is 3. The van der Waals surface area contributed by atoms with Crippen LogP contribution < -0.4 is 0 Å². The Bertz CT molecular complexity index is 1420. The number of hydrogen-bond acceptors (Lipinski definition) is 8. The maximum atomic E-state index is 12.6. The van der Waals surface area contributed by atoms with E-state index in [1.165, 1.54) is 53.9 Å². The van der Waals surface area contributed by atoms with Gasteiger partial charge in [0.05, 0.1) is 16.8 Å². The van der Waals surface area contributed by atoms with Crippen LogP contribution >= 0.6 is 22.7 Å². The number of Topliss-reactive ketones (excluding diaryl/α,β-unsaturated/α-hetero) is 3. The maximum Gasteiger partial charge on any atom is 0.450 e. The number of benzene rings is 2. The van der Waals surface area contributed by atoms with Crippen molar-refractivity contribution >= 4 is 60.2 Å². The number of ketones is 3. The molecule has 0 radical (unpaired) electrons. The Hall–Kier alpha value is -3.57. The van der Waals surface area contributed by atoms with E-state index in [1.54, 1.807) is 12.1 Å². The Kier molecular flexibility index (Phi) is 7.51. The van der Waals surface area contributed by atoms with Crippen LogP contribution in [0.1, 0.15) is 33.4 Å². The van der Waals surface area contributed by atoms with Gasteiger partial charge in [0.15, 0.2) is 5.78 Å². The highest BCUT2D eigenvalue weighted by molar-refractivity contribution is 7.29. The van der Waals surface area contributed by atoms with Crippen molar-refractivity contribution in [3.8, 4) is 0 Å². The van der Waals surface area contributed by atoms with Crippen LogP contribution in [-0.4, -0.2) is 28.5 Å². The van der Waals surface area contributed by atoms with E-state index in [0.717, 1.165) is 15.1 Å². The van der Waals surface area contributed by atoms with Gasteiger partial charge in [0.25, 0.3) is 0 Å². The summed E-state index contributed by atoms with van der Waals surface area (Å²) >= 11 is 2.70. The number of rotatable bonds is 9. The zero-order valence-electron chi connectivity index (χ0n) is 18.8. The summed E-state index contributed by atoms with van der Waals surface area (Å²) in [5.74, 6) is -1.96. The van der Waals surface area contributed by atoms with Crippen LogP contribution in [-0.2, 0) is 28.9 Å². The number of carbonyl (C=O) groups is 3. The number of thiazole rings is 1. The summed E-state index contributed by atoms with van der Waals surface area (Å²) in [6.45, 7) is 1.54. The molecule has 0 atom stereocenters. The molecule has 2 heterocycles. The zero-order chi connectivity index (χ0) is 25.9. The van der Waals surface area contributed by atoms with Gasteiger partial charge in [-0.3, -0.25) is 14.4 Å². The van der Waals surface area contributed by atoms with E-state index in [9.17, 15) is 27.6 Å². The summed E-state index contributed by atoms with van der Waals surface area (Å²) in [7, 11) is 0. The second kappa shape index (κ2) is 10.6. The molecule has 0 aliphatic rings. The summed E-state index contributed by atoms with van der Waals surface area (Å²) in [5, 5.41) is 9.73. The molecule has 4 rings (SSSR count). The Labute approximate surface area is 211 Å². The van der Waals surface area contributed by atoms with Gasteiger partial charge in [-0.1, -0.05) is 47.7 Å². The van der Waals surface area contributed by atoms with Gasteiger partial charge < -0.3 is 0 Å². The van der Waals surface area contributed by atoms with Gasteiger partial charge >= 0.3 is 6.18 Å². The molecule has 6 nitrogen and oxygen atoms in total. The number of azo groups is 1. The summed E-state index contributed by atoms with van der Waals surface area (Å²) in [6.07, 6.45) is -5.21. The molecule has 0 aliphatic carbocycles. The predicted molar refractivity (Wildman–Crippen MR) is 132 cm³/mol. The van der Waals surface area contributed by atoms with Crippen LogP contribution in [0, 0.1) is 0 Å². The van der Waals surface area contributed by atoms with Crippen molar-refractivity contribution < 1.29 is 27.6 Å². The minimum absolute atomic E-state index is 0.0519. The number of carbonyl (C=O) groups excluding carboxylic acids is 3. The highest BCUT2D eigenvalue weighted by Gasteiger charge is 2.37. The van der Waals surface area contributed by atoms with Crippen LogP contribution in [0.5, 0.6) is 0 Å². The summed E-state index contributed by atoms with van der Waals surface area (Å²) in [5.41, 5.74) is 2.10. The summed E-state index contributed by atoms with van der Waals surface area (Å²) in [6, 6.07) is 14.6. The first-order valence-electron chi connectivity index (χ1n) is 10.7. The van der Waals surface area contributed by atoms with E-state index >= 15 is 0 Å². The predicted octanol–water partition coefficient (Wildman–Crippen LogP) is 7.00. The van der Waals surface area contributed by atoms with E-state index in [2.05, 4.69) is 15.2 Å². The Morgan fingerprint density at radius 1 is 0.861 bits per heavy atom. The van der Waals surface area contributed by atoms with Gasteiger partial charge in [-0.2, -0.15) is 13.2 Å². The van der Waals surface area contributed by atoms with Crippen LogP contribution in [0.4, 0.5) is 23.9 Å². The second-order valence-electron chi connectivity index (χ2n) is 8.00. The Balaban J connectivity index is 1.37. The van der Waals surface area contributed by atoms with E-state index in [-0.39, 0.29) is 23.6 Å². The van der Waals surface area contributed by atoms with Gasteiger partial charge in [0.1, 0.15) is 20.6 Å². The number of fused-ring (bicyclic) bond motifs is 1. The van der Waals surface area contributed by atoms with Crippen molar-refractivity contribution in [1.82, 2.24) is 4.98 Å². The van der Waals surface area contributed by atoms with Crippen molar-refractivity contribution in [2.24, 2.45) is 10.2 Å². The van der Waals surface area contributed by atoms with Crippen molar-refractivity contribution in [2.45, 2.75) is 32.4 Å². The zero-order valence-corrected chi connectivity index (χ0v) is 20.5. The molecule has 2 aromatic carbocycles. The lowest BCUT2D eigenvalue weighted by Gasteiger charge is -2.06. The topological polar surface area (TPSA) is 88.8 Å². The molecule has 2 aromatic heterocycles. The maximum absolute atomic E-state index is 12.6. The molecule has 0 saturated carbocycles. The first kappa shape index (κ1) is 25.5. The van der Waals surface area contributed by atoms with Gasteiger partial charge in [0.2, 0.25) is 5.78 Å². The second-order valence-corrected chi connectivity index (χ2v) is 10.1. The molecule has 0 unspecified atom stereocenters. The molecule has 0 amide bonds. The minimum atomic E-state index is -4.88. The third-order valence-corrected chi connectivity index (χ3v) is 7.09. The molecule has 0 fully saturated rings. The van der Waals surface area contributed by atoms with Crippen molar-refractivity contribution in [2.75, 3.05) is 0 Å². The van der Waals surface area contributed by atoms with Crippen molar-refractivity contribution in [1.29, 1.82) is 0 Å². The largest absolute Gasteiger partial charge is 0.450 e. The van der Waals surface area contributed by atoms with Crippen LogP contribution in [0.25, 0.3) is 9.53 Å². The average molecular weight is 530 g/mol. The smallest absolute Gasteiger partial charge is 0.300 e. The van der Waals surface area contributed by atoms with Gasteiger partial charge in [0, 0.05) is 18.4 Å². The molecular weight excluding hydrogens is 511 g/mol. The normalized spacial score (nSPS) is 11.9. The molecule has 36 heavy (non-hydrogen) atoms. The molecule has 4 aromatic rings. The van der Waals surface area contributed by atoms with Gasteiger partial charge in [-0.25, -0.2) is 4.98 Å². The number of hydrogen-bond donors (Lipinski definition) is 0. The van der Waals surface area contributed by atoms with E-state index in [1.807, 2.05) is 18.2 Å². The van der Waals surface area contributed by atoms with E-state index in [4.69, 9.17) is 0 Å². The molecular formula is C25H18F3N3O3S2. The number of nitrogens with zero attached hydrogens (tertiary/aromatic N) is 3. The Morgan fingerprint density at radius 2 is 1.50 bits per heavy atom. The number of alkyl halides is 3. The van der Waals surface area contributed by atoms with E-state index in [0.29, 0.717) is 27.7 Å². The van der Waals surface area contributed by atoms with Crippen LogP contribution in [0.2, 0.25) is 0 Å². The highest BCUT2D eigenvalue weighted by atomic mass is 32.1. The Morgan fingerprint density at radius 3 is 2.11 bits per heavy atom. The van der Waals surface area contributed by atoms with Gasteiger partial charge in [-0.15, -0.1) is 21.6 Å². The van der Waals surface area contributed by atoms with E-state index < -0.39 is 18.4 Å². The molecule has 0 aliphatic heterocycles. The SMILES string of the molecule is CC(=O)Cc1ccc(N=Nc2cc3sc(CC(=O)c4ccc(CC(=O)C(F)(F)F)cc4)nc3s2)cc1. The molecule has 11 heteroatoms. The highest BCUT2D eigenvalue weighted by Crippen LogP contribution is 2.36. The fourth-order valence-electron chi connectivity index (χ4n) is 3.30. The third kappa shape index (κ3) is 6.55. The minimum Gasteiger partial charge on any atom is -0.300 e. The number of aromatic nitrogens is 1.